The van der Waals surface area contributed by atoms with Crippen LogP contribution in [0, 0.1) is 0 Å². The molecule has 1 aliphatic heterocycles. The molecule has 20 heavy (non-hydrogen) atoms. The van der Waals surface area contributed by atoms with Crippen molar-refractivity contribution in [3.63, 3.8) is 0 Å². The molecule has 7 heteroatoms. The summed E-state index contributed by atoms with van der Waals surface area (Å²) in [5.74, 6) is -0.322. The highest BCUT2D eigenvalue weighted by Crippen LogP contribution is 2.32. The summed E-state index contributed by atoms with van der Waals surface area (Å²) < 4.78 is 17.1. The van der Waals surface area contributed by atoms with E-state index in [4.69, 9.17) is 4.74 Å². The summed E-state index contributed by atoms with van der Waals surface area (Å²) in [5.41, 5.74) is 3.88. The highest BCUT2D eigenvalue weighted by Gasteiger charge is 2.36. The van der Waals surface area contributed by atoms with Crippen molar-refractivity contribution in [1.82, 2.24) is 5.43 Å². The second-order valence-electron chi connectivity index (χ2n) is 4.14. The standard InChI is InChI=1S/C13H16N2O3S2/c1-3-18-12(16)11-10(9-7-5-4-6-8-9)14-15-13(19-11)20(2)17/h4-8,10-11,14H,3H2,1-2H3/t10-,11-,20?/m1/s1. The Balaban J connectivity index is 2.28. The number of ether oxygens (including phenoxy) is 1. The van der Waals surface area contributed by atoms with Crippen molar-refractivity contribution in [2.45, 2.75) is 18.2 Å². The summed E-state index contributed by atoms with van der Waals surface area (Å²) in [4.78, 5) is 12.1. The van der Waals surface area contributed by atoms with E-state index in [9.17, 15) is 9.00 Å². The minimum Gasteiger partial charge on any atom is -0.465 e. The average Bonchev–Trinajstić information content (AvgIpc) is 2.47. The van der Waals surface area contributed by atoms with E-state index in [0.29, 0.717) is 11.0 Å². The summed E-state index contributed by atoms with van der Waals surface area (Å²) in [6.07, 6.45) is 1.54. The van der Waals surface area contributed by atoms with E-state index in [2.05, 4.69) is 10.5 Å². The van der Waals surface area contributed by atoms with Gasteiger partial charge in [0.05, 0.1) is 23.4 Å². The van der Waals surface area contributed by atoms with Crippen LogP contribution in [0.25, 0.3) is 0 Å². The first-order valence-corrected chi connectivity index (χ1v) is 8.62. The van der Waals surface area contributed by atoms with Crippen molar-refractivity contribution < 1.29 is 13.7 Å². The molecule has 1 N–H and O–H groups in total. The van der Waals surface area contributed by atoms with Crippen molar-refractivity contribution in [2.75, 3.05) is 12.9 Å². The molecule has 5 nitrogen and oxygen atoms in total. The fourth-order valence-corrected chi connectivity index (χ4v) is 3.72. The van der Waals surface area contributed by atoms with Crippen LogP contribution < -0.4 is 5.43 Å². The number of benzene rings is 1. The second-order valence-corrected chi connectivity index (χ2v) is 6.82. The Labute approximate surface area is 124 Å². The summed E-state index contributed by atoms with van der Waals surface area (Å²) >= 11 is 1.20. The molecule has 0 amide bonds. The highest BCUT2D eigenvalue weighted by atomic mass is 32.2. The molecular weight excluding hydrogens is 296 g/mol. The minimum atomic E-state index is -1.22. The molecule has 0 saturated carbocycles. The predicted octanol–water partition coefficient (Wildman–Crippen LogP) is 1.65. The molecular formula is C13H16N2O3S2. The molecule has 108 valence electrons. The number of hydrogen-bond acceptors (Lipinski definition) is 6. The minimum absolute atomic E-state index is 0.285. The fraction of sp³-hybridized carbons (Fsp3) is 0.385. The second kappa shape index (κ2) is 6.90. The molecule has 0 spiro atoms. The van der Waals surface area contributed by atoms with Gasteiger partial charge in [0.2, 0.25) is 0 Å². The van der Waals surface area contributed by atoms with Gasteiger partial charge in [0.25, 0.3) is 0 Å². The van der Waals surface area contributed by atoms with E-state index >= 15 is 0 Å². The lowest BCUT2D eigenvalue weighted by atomic mass is 10.0. The van der Waals surface area contributed by atoms with E-state index in [-0.39, 0.29) is 12.0 Å². The van der Waals surface area contributed by atoms with Crippen molar-refractivity contribution in [3.8, 4) is 0 Å². The normalized spacial score (nSPS) is 23.4. The fourth-order valence-electron chi connectivity index (χ4n) is 1.84. The summed E-state index contributed by atoms with van der Waals surface area (Å²) in [6.45, 7) is 2.09. The Morgan fingerprint density at radius 2 is 2.15 bits per heavy atom. The summed E-state index contributed by atoms with van der Waals surface area (Å²) in [7, 11) is -1.22. The molecule has 2 rings (SSSR count). The zero-order valence-electron chi connectivity index (χ0n) is 11.2. The quantitative estimate of drug-likeness (QED) is 0.860. The number of hydrogen-bond donors (Lipinski definition) is 1. The molecule has 0 aliphatic carbocycles. The van der Waals surface area contributed by atoms with Crippen LogP contribution in [0.5, 0.6) is 0 Å². The van der Waals surface area contributed by atoms with Gasteiger partial charge in [-0.05, 0) is 12.5 Å². The first-order chi connectivity index (χ1) is 9.63. The van der Waals surface area contributed by atoms with Gasteiger partial charge in [-0.1, -0.05) is 42.1 Å². The third-order valence-electron chi connectivity index (χ3n) is 2.75. The maximum Gasteiger partial charge on any atom is 0.322 e. The molecule has 1 unspecified atom stereocenters. The molecule has 0 radical (unpaired) electrons. The lowest BCUT2D eigenvalue weighted by Crippen LogP contribution is -2.39. The van der Waals surface area contributed by atoms with Gasteiger partial charge < -0.3 is 4.74 Å². The Morgan fingerprint density at radius 1 is 1.45 bits per heavy atom. The number of carbonyl (C=O) groups is 1. The molecule has 0 bridgehead atoms. The van der Waals surface area contributed by atoms with Crippen molar-refractivity contribution >= 4 is 32.9 Å². The van der Waals surface area contributed by atoms with E-state index in [1.165, 1.54) is 11.8 Å². The molecule has 0 aromatic heterocycles. The zero-order chi connectivity index (χ0) is 14.5. The Bertz CT molecular complexity index is 534. The number of nitrogens with one attached hydrogen (secondary N) is 1. The third kappa shape index (κ3) is 3.40. The first-order valence-electron chi connectivity index (χ1n) is 6.18. The highest BCUT2D eigenvalue weighted by molar-refractivity contribution is 8.33. The van der Waals surface area contributed by atoms with Crippen LogP contribution in [0.1, 0.15) is 18.5 Å². The number of nitrogens with zero attached hydrogens (tertiary/aromatic N) is 1. The van der Waals surface area contributed by atoms with Gasteiger partial charge in [0.15, 0.2) is 4.38 Å². The van der Waals surface area contributed by atoms with E-state index in [1.54, 1.807) is 13.2 Å². The zero-order valence-corrected chi connectivity index (χ0v) is 12.9. The molecule has 3 atom stereocenters. The van der Waals surface area contributed by atoms with Gasteiger partial charge in [-0.25, -0.2) is 0 Å². The maximum atomic E-state index is 12.1. The summed E-state index contributed by atoms with van der Waals surface area (Å²) in [5, 5.41) is 3.61. The number of carbonyl (C=O) groups excluding carboxylic acids is 1. The monoisotopic (exact) mass is 312 g/mol. The molecule has 1 heterocycles. The number of rotatable bonds is 3. The van der Waals surface area contributed by atoms with Crippen LogP contribution in [0.4, 0.5) is 0 Å². The van der Waals surface area contributed by atoms with E-state index in [0.717, 1.165) is 5.56 Å². The topological polar surface area (TPSA) is 67.8 Å². The van der Waals surface area contributed by atoms with Crippen LogP contribution in [0.3, 0.4) is 0 Å². The van der Waals surface area contributed by atoms with Gasteiger partial charge in [-0.3, -0.25) is 14.4 Å². The summed E-state index contributed by atoms with van der Waals surface area (Å²) in [6, 6.07) is 9.28. The Kier molecular flexibility index (Phi) is 5.19. The molecule has 0 fully saturated rings. The molecule has 1 aliphatic rings. The Morgan fingerprint density at radius 3 is 2.75 bits per heavy atom. The van der Waals surface area contributed by atoms with Crippen LogP contribution in [0.15, 0.2) is 35.4 Å². The van der Waals surface area contributed by atoms with Gasteiger partial charge >= 0.3 is 5.97 Å². The number of esters is 1. The third-order valence-corrected chi connectivity index (χ3v) is 5.34. The van der Waals surface area contributed by atoms with Crippen LogP contribution >= 0.6 is 11.8 Å². The first kappa shape index (κ1) is 15.1. The van der Waals surface area contributed by atoms with Crippen LogP contribution in [0.2, 0.25) is 0 Å². The SMILES string of the molecule is CCOC(=O)[C@@H]1SC(S(C)=O)=NN[C@@H]1c1ccccc1. The lowest BCUT2D eigenvalue weighted by molar-refractivity contribution is -0.143. The number of thioether (sulfide) groups is 1. The van der Waals surface area contributed by atoms with Crippen molar-refractivity contribution in [2.24, 2.45) is 5.10 Å². The Hall–Kier alpha value is -1.34. The molecule has 0 saturated heterocycles. The average molecular weight is 312 g/mol. The van der Waals surface area contributed by atoms with Crippen LogP contribution in [-0.2, 0) is 20.3 Å². The van der Waals surface area contributed by atoms with E-state index in [1.807, 2.05) is 30.3 Å². The van der Waals surface area contributed by atoms with Gasteiger partial charge in [-0.15, -0.1) is 0 Å². The van der Waals surface area contributed by atoms with Gasteiger partial charge in [0, 0.05) is 6.26 Å². The van der Waals surface area contributed by atoms with Crippen LogP contribution in [-0.4, -0.2) is 32.7 Å². The molecule has 1 aromatic rings. The lowest BCUT2D eigenvalue weighted by Gasteiger charge is -2.29. The smallest absolute Gasteiger partial charge is 0.322 e. The van der Waals surface area contributed by atoms with Gasteiger partial charge in [-0.2, -0.15) is 5.10 Å². The largest absolute Gasteiger partial charge is 0.465 e. The van der Waals surface area contributed by atoms with Crippen molar-refractivity contribution in [3.05, 3.63) is 35.9 Å². The number of hydrazone groups is 1. The molecule has 1 aromatic carbocycles. The predicted molar refractivity (Wildman–Crippen MR) is 81.8 cm³/mol. The maximum absolute atomic E-state index is 12.1. The van der Waals surface area contributed by atoms with Gasteiger partial charge in [0.1, 0.15) is 5.25 Å². The van der Waals surface area contributed by atoms with E-state index < -0.39 is 16.0 Å². The van der Waals surface area contributed by atoms with Crippen molar-refractivity contribution in [1.29, 1.82) is 0 Å².